The molecule has 2 saturated heterocycles. The van der Waals surface area contributed by atoms with Crippen molar-refractivity contribution in [1.29, 1.82) is 0 Å². The summed E-state index contributed by atoms with van der Waals surface area (Å²) in [4.78, 5) is 45.9. The maximum atomic E-state index is 14.6. The van der Waals surface area contributed by atoms with Crippen molar-refractivity contribution in [1.82, 2.24) is 9.80 Å². The van der Waals surface area contributed by atoms with E-state index in [2.05, 4.69) is 0 Å². The molecule has 1 aromatic carbocycles. The summed E-state index contributed by atoms with van der Waals surface area (Å²) < 4.78 is 4.67. The SMILES string of the molecule is O=C1OCCC=C[C@@H]2S[C@]34C=CCN(C5CCCCC5)C(=O)C3N([C@H](CO)c3ccccc3)C(=O)[C@@H]4[C@H]12. The van der Waals surface area contributed by atoms with Crippen LogP contribution >= 0.6 is 11.8 Å². The molecule has 196 valence electrons. The van der Waals surface area contributed by atoms with Gasteiger partial charge in [-0.2, -0.15) is 0 Å². The fraction of sp³-hybridized carbons (Fsp3) is 0.552. The number of fused-ring (bicyclic) bond motifs is 2. The molecule has 1 aromatic rings. The summed E-state index contributed by atoms with van der Waals surface area (Å²) in [5.41, 5.74) is 0.778. The van der Waals surface area contributed by atoms with Gasteiger partial charge in [0.1, 0.15) is 6.04 Å². The number of aliphatic hydroxyl groups excluding tert-OH is 1. The first-order chi connectivity index (χ1) is 18.1. The summed E-state index contributed by atoms with van der Waals surface area (Å²) in [6, 6.07) is 8.07. The Hall–Kier alpha value is -2.58. The maximum Gasteiger partial charge on any atom is 0.311 e. The van der Waals surface area contributed by atoms with Crippen LogP contribution in [0.1, 0.15) is 50.1 Å². The summed E-state index contributed by atoms with van der Waals surface area (Å²) in [7, 11) is 0. The Labute approximate surface area is 221 Å². The van der Waals surface area contributed by atoms with Crippen LogP contribution in [0.5, 0.6) is 0 Å². The molecule has 0 bridgehead atoms. The number of cyclic esters (lactones) is 1. The zero-order valence-electron chi connectivity index (χ0n) is 20.9. The van der Waals surface area contributed by atoms with E-state index in [1.807, 2.05) is 59.5 Å². The lowest BCUT2D eigenvalue weighted by molar-refractivity contribution is -0.153. The highest BCUT2D eigenvalue weighted by atomic mass is 32.2. The largest absolute Gasteiger partial charge is 0.465 e. The van der Waals surface area contributed by atoms with E-state index < -0.39 is 28.7 Å². The van der Waals surface area contributed by atoms with Gasteiger partial charge in [-0.3, -0.25) is 14.4 Å². The molecule has 0 aromatic heterocycles. The van der Waals surface area contributed by atoms with Crippen molar-refractivity contribution in [2.24, 2.45) is 11.8 Å². The van der Waals surface area contributed by atoms with Gasteiger partial charge in [-0.25, -0.2) is 0 Å². The number of nitrogens with zero attached hydrogens (tertiary/aromatic N) is 2. The van der Waals surface area contributed by atoms with Crippen molar-refractivity contribution in [3.05, 3.63) is 60.2 Å². The number of amides is 2. The first-order valence-corrected chi connectivity index (χ1v) is 14.4. The zero-order chi connectivity index (χ0) is 25.6. The molecule has 8 heteroatoms. The van der Waals surface area contributed by atoms with Gasteiger partial charge >= 0.3 is 5.97 Å². The van der Waals surface area contributed by atoms with Crippen LogP contribution < -0.4 is 0 Å². The average molecular weight is 523 g/mol. The highest BCUT2D eigenvalue weighted by Gasteiger charge is 2.72. The van der Waals surface area contributed by atoms with Crippen molar-refractivity contribution < 1.29 is 24.2 Å². The van der Waals surface area contributed by atoms with E-state index in [1.54, 1.807) is 16.7 Å². The van der Waals surface area contributed by atoms with Gasteiger partial charge in [0, 0.05) is 17.8 Å². The second kappa shape index (κ2) is 9.95. The van der Waals surface area contributed by atoms with Crippen LogP contribution in [0.2, 0.25) is 0 Å². The Kier molecular flexibility index (Phi) is 6.65. The van der Waals surface area contributed by atoms with Crippen LogP contribution in [0.25, 0.3) is 0 Å². The number of thioether (sulfide) groups is 1. The van der Waals surface area contributed by atoms with Crippen molar-refractivity contribution >= 4 is 29.5 Å². The molecule has 1 N–H and O–H groups in total. The van der Waals surface area contributed by atoms with Gasteiger partial charge in [0.15, 0.2) is 0 Å². The van der Waals surface area contributed by atoms with Crippen LogP contribution in [-0.2, 0) is 19.1 Å². The van der Waals surface area contributed by atoms with Crippen LogP contribution in [0, 0.1) is 11.8 Å². The highest BCUT2D eigenvalue weighted by molar-refractivity contribution is 8.02. The molecule has 6 rings (SSSR count). The molecule has 0 radical (unpaired) electrons. The lowest BCUT2D eigenvalue weighted by Gasteiger charge is -2.41. The summed E-state index contributed by atoms with van der Waals surface area (Å²) in [5, 5.41) is 10.4. The van der Waals surface area contributed by atoms with Gasteiger partial charge in [0.2, 0.25) is 11.8 Å². The third-order valence-corrected chi connectivity index (χ3v) is 10.5. The highest BCUT2D eigenvalue weighted by Crippen LogP contribution is 2.62. The predicted octanol–water partition coefficient (Wildman–Crippen LogP) is 3.25. The summed E-state index contributed by atoms with van der Waals surface area (Å²) in [5.74, 6) is -2.09. The minimum atomic E-state index is -0.900. The molecule has 3 fully saturated rings. The summed E-state index contributed by atoms with van der Waals surface area (Å²) in [6.45, 7) is 0.484. The Morgan fingerprint density at radius 1 is 1.05 bits per heavy atom. The fourth-order valence-electron chi connectivity index (χ4n) is 7.15. The Morgan fingerprint density at radius 2 is 1.84 bits per heavy atom. The zero-order valence-corrected chi connectivity index (χ0v) is 21.7. The lowest BCUT2D eigenvalue weighted by atomic mass is 9.78. The van der Waals surface area contributed by atoms with Gasteiger partial charge in [-0.1, -0.05) is 73.9 Å². The number of carbonyl (C=O) groups is 3. The summed E-state index contributed by atoms with van der Waals surface area (Å²) >= 11 is 1.55. The fourth-order valence-corrected chi connectivity index (χ4v) is 9.14. The van der Waals surface area contributed by atoms with Gasteiger partial charge in [-0.15, -0.1) is 11.8 Å². The Balaban J connectivity index is 1.48. The minimum Gasteiger partial charge on any atom is -0.465 e. The number of aliphatic hydroxyl groups is 1. The Morgan fingerprint density at radius 3 is 2.59 bits per heavy atom. The number of esters is 1. The van der Waals surface area contributed by atoms with E-state index in [-0.39, 0.29) is 42.3 Å². The van der Waals surface area contributed by atoms with Crippen LogP contribution in [0.4, 0.5) is 0 Å². The number of hydrogen-bond donors (Lipinski definition) is 1. The second-order valence-electron chi connectivity index (χ2n) is 10.8. The van der Waals surface area contributed by atoms with Crippen LogP contribution in [-0.4, -0.2) is 74.5 Å². The van der Waals surface area contributed by atoms with Gasteiger partial charge in [0.05, 0.1) is 35.8 Å². The molecule has 6 atom stereocenters. The molecular weight excluding hydrogens is 488 g/mol. The first kappa shape index (κ1) is 24.7. The smallest absolute Gasteiger partial charge is 0.311 e. The van der Waals surface area contributed by atoms with E-state index in [0.717, 1.165) is 31.2 Å². The van der Waals surface area contributed by atoms with E-state index in [0.29, 0.717) is 13.0 Å². The standard InChI is InChI=1S/C29H34N2O5S/c32-18-21(19-10-3-1-4-11-19)31-25-27(34)30(20-12-5-2-6-13-20)16-9-15-29(25)24(26(31)33)23-22(37-29)14-7-8-17-36-28(23)35/h1,3-4,7,9-11,14-15,20-25,32H,2,5-6,8,12-13,16-18H2/t21-,22+,23-,24+,25?,29+/m1/s1. The van der Waals surface area contributed by atoms with E-state index in [1.165, 1.54) is 6.42 Å². The number of likely N-dealkylation sites (tertiary alicyclic amines) is 1. The van der Waals surface area contributed by atoms with Crippen LogP contribution in [0.3, 0.4) is 0 Å². The molecule has 5 aliphatic rings. The van der Waals surface area contributed by atoms with Crippen molar-refractivity contribution in [2.45, 2.75) is 66.6 Å². The maximum absolute atomic E-state index is 14.6. The molecule has 7 nitrogen and oxygen atoms in total. The molecular formula is C29H34N2O5S. The van der Waals surface area contributed by atoms with Crippen molar-refractivity contribution in [3.8, 4) is 0 Å². The van der Waals surface area contributed by atoms with E-state index in [4.69, 9.17) is 4.74 Å². The number of ether oxygens (including phenoxy) is 1. The number of carbonyl (C=O) groups excluding carboxylic acids is 3. The van der Waals surface area contributed by atoms with E-state index in [9.17, 15) is 19.5 Å². The number of benzene rings is 1. The normalized spacial score (nSPS) is 34.8. The number of hydrogen-bond acceptors (Lipinski definition) is 6. The molecule has 2 amide bonds. The van der Waals surface area contributed by atoms with Crippen LogP contribution in [0.15, 0.2) is 54.6 Å². The molecule has 37 heavy (non-hydrogen) atoms. The van der Waals surface area contributed by atoms with E-state index >= 15 is 0 Å². The third-order valence-electron chi connectivity index (χ3n) is 8.80. The van der Waals surface area contributed by atoms with Crippen molar-refractivity contribution in [2.75, 3.05) is 19.8 Å². The van der Waals surface area contributed by atoms with Gasteiger partial charge < -0.3 is 19.6 Å². The average Bonchev–Trinajstić information content (AvgIpc) is 3.29. The molecule has 1 spiro atoms. The summed E-state index contributed by atoms with van der Waals surface area (Å²) in [6.07, 6.45) is 14.1. The topological polar surface area (TPSA) is 87.2 Å². The first-order valence-electron chi connectivity index (χ1n) is 13.5. The molecule has 4 aliphatic heterocycles. The van der Waals surface area contributed by atoms with Gasteiger partial charge in [-0.05, 0) is 24.8 Å². The molecule has 1 aliphatic carbocycles. The molecule has 1 unspecified atom stereocenters. The van der Waals surface area contributed by atoms with Crippen molar-refractivity contribution in [3.63, 3.8) is 0 Å². The second-order valence-corrected chi connectivity index (χ2v) is 12.3. The predicted molar refractivity (Wildman–Crippen MR) is 140 cm³/mol. The lowest BCUT2D eigenvalue weighted by Crippen LogP contribution is -2.56. The molecule has 1 saturated carbocycles. The van der Waals surface area contributed by atoms with Gasteiger partial charge in [0.25, 0.3) is 0 Å². The number of rotatable bonds is 4. The monoisotopic (exact) mass is 522 g/mol. The Bertz CT molecular complexity index is 1120. The minimum absolute atomic E-state index is 0.0683. The third kappa shape index (κ3) is 3.95. The quantitative estimate of drug-likeness (QED) is 0.483. The molecule has 4 heterocycles.